The third-order valence-corrected chi connectivity index (χ3v) is 4.59. The van der Waals surface area contributed by atoms with Gasteiger partial charge in [0, 0.05) is 23.6 Å². The van der Waals surface area contributed by atoms with Crippen LogP contribution in [-0.4, -0.2) is 32.8 Å². The van der Waals surface area contributed by atoms with Gasteiger partial charge in [-0.2, -0.15) is 0 Å². The van der Waals surface area contributed by atoms with Gasteiger partial charge in [0.2, 0.25) is 0 Å². The molecule has 1 saturated heterocycles. The molecule has 2 fully saturated rings. The third kappa shape index (κ3) is 3.06. The number of ether oxygens (including phenoxy) is 1. The van der Waals surface area contributed by atoms with Crippen LogP contribution < -0.4 is 15.0 Å². The van der Waals surface area contributed by atoms with E-state index in [0.717, 1.165) is 35.8 Å². The van der Waals surface area contributed by atoms with Gasteiger partial charge in [0.05, 0.1) is 12.8 Å². The fourth-order valence-corrected chi connectivity index (χ4v) is 3.24. The first-order valence-electron chi connectivity index (χ1n) is 7.10. The Hall–Kier alpha value is -0.740. The first-order chi connectivity index (χ1) is 9.28. The first-order valence-corrected chi connectivity index (χ1v) is 7.89. The van der Waals surface area contributed by atoms with Crippen LogP contribution in [0.2, 0.25) is 0 Å². The van der Waals surface area contributed by atoms with Crippen LogP contribution in [-0.2, 0) is 0 Å². The molecule has 0 aromatic heterocycles. The smallest absolute Gasteiger partial charge is 0.142 e. The van der Waals surface area contributed by atoms with Crippen LogP contribution in [0.4, 0.5) is 5.69 Å². The van der Waals surface area contributed by atoms with Gasteiger partial charge in [-0.3, -0.25) is 0 Å². The van der Waals surface area contributed by atoms with Crippen molar-refractivity contribution in [2.45, 2.75) is 25.3 Å². The van der Waals surface area contributed by atoms with Gasteiger partial charge in [0.25, 0.3) is 0 Å². The van der Waals surface area contributed by atoms with Crippen LogP contribution in [0.25, 0.3) is 0 Å². The molecule has 2 aliphatic rings. The van der Waals surface area contributed by atoms with E-state index < -0.39 is 0 Å². The lowest BCUT2D eigenvalue weighted by atomic mass is 10.1. The van der Waals surface area contributed by atoms with Gasteiger partial charge >= 0.3 is 0 Å². The van der Waals surface area contributed by atoms with Crippen molar-refractivity contribution >= 4 is 21.6 Å². The topological polar surface area (TPSA) is 24.5 Å². The Balaban J connectivity index is 1.84. The molecule has 4 heteroatoms. The standard InChI is InChI=1S/C15H21BrN2O/c1-19-15-6-5-12(16)9-14(15)18-8-2-7-17-13(10-18)11-3-4-11/h5-6,9,11,13,17H,2-4,7-8,10H2,1H3. The highest BCUT2D eigenvalue weighted by atomic mass is 79.9. The third-order valence-electron chi connectivity index (χ3n) is 4.10. The van der Waals surface area contributed by atoms with Crippen LogP contribution in [0.1, 0.15) is 19.3 Å². The first kappa shape index (κ1) is 13.3. The Kier molecular flexibility index (Phi) is 3.99. The fourth-order valence-electron chi connectivity index (χ4n) is 2.89. The summed E-state index contributed by atoms with van der Waals surface area (Å²) in [5.41, 5.74) is 1.21. The number of methoxy groups -OCH3 is 1. The van der Waals surface area contributed by atoms with Crippen LogP contribution in [0.3, 0.4) is 0 Å². The van der Waals surface area contributed by atoms with E-state index in [0.29, 0.717) is 6.04 Å². The summed E-state index contributed by atoms with van der Waals surface area (Å²) in [6, 6.07) is 6.90. The zero-order chi connectivity index (χ0) is 13.2. The van der Waals surface area contributed by atoms with Gasteiger partial charge in [-0.05, 0) is 49.9 Å². The SMILES string of the molecule is COc1ccc(Br)cc1N1CCCNC(C2CC2)C1. The molecule has 1 N–H and O–H groups in total. The molecule has 0 radical (unpaired) electrons. The summed E-state index contributed by atoms with van der Waals surface area (Å²) in [4.78, 5) is 2.48. The van der Waals surface area contributed by atoms with Gasteiger partial charge in [0.15, 0.2) is 0 Å². The number of anilines is 1. The molecule has 1 heterocycles. The van der Waals surface area contributed by atoms with Crippen LogP contribution in [0, 0.1) is 5.92 Å². The Morgan fingerprint density at radius 1 is 1.37 bits per heavy atom. The van der Waals surface area contributed by atoms with Crippen LogP contribution >= 0.6 is 15.9 Å². The van der Waals surface area contributed by atoms with Crippen molar-refractivity contribution in [3.63, 3.8) is 0 Å². The molecule has 0 spiro atoms. The predicted octanol–water partition coefficient (Wildman–Crippen LogP) is 3.04. The molecule has 104 valence electrons. The second kappa shape index (κ2) is 5.71. The summed E-state index contributed by atoms with van der Waals surface area (Å²) in [6.07, 6.45) is 3.97. The van der Waals surface area contributed by atoms with Crippen LogP contribution in [0.5, 0.6) is 5.75 Å². The van der Waals surface area contributed by atoms with Crippen molar-refractivity contribution in [1.29, 1.82) is 0 Å². The molecule has 1 saturated carbocycles. The Morgan fingerprint density at radius 2 is 2.21 bits per heavy atom. The van der Waals surface area contributed by atoms with Gasteiger partial charge in [-0.15, -0.1) is 0 Å². The minimum Gasteiger partial charge on any atom is -0.495 e. The van der Waals surface area contributed by atoms with E-state index in [1.807, 2.05) is 12.1 Å². The predicted molar refractivity (Wildman–Crippen MR) is 82.0 cm³/mol. The number of hydrogen-bond acceptors (Lipinski definition) is 3. The molecular weight excluding hydrogens is 304 g/mol. The molecule has 1 aliphatic carbocycles. The average molecular weight is 325 g/mol. The van der Waals surface area contributed by atoms with Crippen LogP contribution in [0.15, 0.2) is 22.7 Å². The fraction of sp³-hybridized carbons (Fsp3) is 0.600. The van der Waals surface area contributed by atoms with Crippen molar-refractivity contribution in [3.8, 4) is 5.75 Å². The summed E-state index contributed by atoms with van der Waals surface area (Å²) in [7, 11) is 1.75. The van der Waals surface area contributed by atoms with E-state index in [1.165, 1.54) is 24.9 Å². The summed E-state index contributed by atoms with van der Waals surface area (Å²) in [5, 5.41) is 3.70. The Labute approximate surface area is 123 Å². The zero-order valence-electron chi connectivity index (χ0n) is 11.4. The van der Waals surface area contributed by atoms with Crippen molar-refractivity contribution in [1.82, 2.24) is 5.32 Å². The maximum absolute atomic E-state index is 5.52. The molecule has 1 aliphatic heterocycles. The highest BCUT2D eigenvalue weighted by Crippen LogP contribution is 2.36. The number of halogens is 1. The quantitative estimate of drug-likeness (QED) is 0.924. The van der Waals surface area contributed by atoms with E-state index in [9.17, 15) is 0 Å². The average Bonchev–Trinajstić information content (AvgIpc) is 3.24. The second-order valence-electron chi connectivity index (χ2n) is 5.51. The largest absolute Gasteiger partial charge is 0.495 e. The molecule has 3 rings (SSSR count). The Morgan fingerprint density at radius 3 is 2.95 bits per heavy atom. The maximum Gasteiger partial charge on any atom is 0.142 e. The lowest BCUT2D eigenvalue weighted by Crippen LogP contribution is -2.39. The van der Waals surface area contributed by atoms with E-state index in [2.05, 4.69) is 32.2 Å². The van der Waals surface area contributed by atoms with E-state index in [-0.39, 0.29) is 0 Å². The lowest BCUT2D eigenvalue weighted by molar-refractivity contribution is 0.413. The van der Waals surface area contributed by atoms with Crippen molar-refractivity contribution in [2.24, 2.45) is 5.92 Å². The van der Waals surface area contributed by atoms with Crippen molar-refractivity contribution in [2.75, 3.05) is 31.6 Å². The molecule has 19 heavy (non-hydrogen) atoms. The van der Waals surface area contributed by atoms with Gasteiger partial charge in [-0.25, -0.2) is 0 Å². The van der Waals surface area contributed by atoms with Gasteiger partial charge < -0.3 is 15.0 Å². The normalized spacial score (nSPS) is 24.1. The molecular formula is C15H21BrN2O. The summed E-state index contributed by atoms with van der Waals surface area (Å²) >= 11 is 3.57. The molecule has 1 unspecified atom stereocenters. The summed E-state index contributed by atoms with van der Waals surface area (Å²) in [6.45, 7) is 3.33. The number of benzene rings is 1. The van der Waals surface area contributed by atoms with Gasteiger partial charge in [-0.1, -0.05) is 15.9 Å². The van der Waals surface area contributed by atoms with Crippen molar-refractivity contribution < 1.29 is 4.74 Å². The van der Waals surface area contributed by atoms with Crippen molar-refractivity contribution in [3.05, 3.63) is 22.7 Å². The van der Waals surface area contributed by atoms with E-state index in [4.69, 9.17) is 4.74 Å². The number of nitrogens with one attached hydrogen (secondary N) is 1. The molecule has 1 aromatic carbocycles. The highest BCUT2D eigenvalue weighted by molar-refractivity contribution is 9.10. The second-order valence-corrected chi connectivity index (χ2v) is 6.43. The summed E-state index contributed by atoms with van der Waals surface area (Å²) in [5.74, 6) is 1.86. The Bertz CT molecular complexity index is 448. The molecule has 3 nitrogen and oxygen atoms in total. The highest BCUT2D eigenvalue weighted by Gasteiger charge is 2.33. The number of hydrogen-bond donors (Lipinski definition) is 1. The monoisotopic (exact) mass is 324 g/mol. The minimum absolute atomic E-state index is 0.645. The molecule has 0 amide bonds. The molecule has 0 bridgehead atoms. The maximum atomic E-state index is 5.52. The minimum atomic E-state index is 0.645. The molecule has 1 atom stereocenters. The zero-order valence-corrected chi connectivity index (χ0v) is 12.9. The lowest BCUT2D eigenvalue weighted by Gasteiger charge is -2.28. The van der Waals surface area contributed by atoms with E-state index >= 15 is 0 Å². The summed E-state index contributed by atoms with van der Waals surface area (Å²) < 4.78 is 6.64. The van der Waals surface area contributed by atoms with E-state index in [1.54, 1.807) is 7.11 Å². The molecule has 1 aromatic rings. The number of nitrogens with zero attached hydrogens (tertiary/aromatic N) is 1. The van der Waals surface area contributed by atoms with Gasteiger partial charge in [0.1, 0.15) is 5.75 Å². The number of rotatable bonds is 3.